The molecule has 0 radical (unpaired) electrons. The van der Waals surface area contributed by atoms with Crippen LogP contribution in [0.1, 0.15) is 40.2 Å². The number of rotatable bonds is 8. The molecule has 3 aromatic rings. The van der Waals surface area contributed by atoms with Crippen molar-refractivity contribution in [2.75, 3.05) is 18.5 Å². The number of benzene rings is 3. The maximum Gasteiger partial charge on any atom is 0.407 e. The van der Waals surface area contributed by atoms with Gasteiger partial charge < -0.3 is 20.5 Å². The van der Waals surface area contributed by atoms with Gasteiger partial charge >= 0.3 is 12.1 Å². The van der Waals surface area contributed by atoms with E-state index in [4.69, 9.17) is 9.84 Å². The molecule has 1 aliphatic rings. The summed E-state index contributed by atoms with van der Waals surface area (Å²) in [5, 5.41) is 14.1. The third-order valence-electron chi connectivity index (χ3n) is 5.62. The molecule has 34 heavy (non-hydrogen) atoms. The monoisotopic (exact) mass is 462 g/mol. The van der Waals surface area contributed by atoms with Gasteiger partial charge in [-0.1, -0.05) is 48.5 Å². The van der Waals surface area contributed by atoms with Gasteiger partial charge in [0.25, 0.3) is 0 Å². The summed E-state index contributed by atoms with van der Waals surface area (Å²) in [4.78, 5) is 35.2. The Morgan fingerprint density at radius 1 is 0.941 bits per heavy atom. The fourth-order valence-electron chi connectivity index (χ4n) is 4.10. The summed E-state index contributed by atoms with van der Waals surface area (Å²) in [6.45, 7) is 0.416. The van der Waals surface area contributed by atoms with Gasteiger partial charge in [-0.25, -0.2) is 14.0 Å². The van der Waals surface area contributed by atoms with Gasteiger partial charge in [-0.15, -0.1) is 0 Å². The average Bonchev–Trinajstić information content (AvgIpc) is 3.14. The summed E-state index contributed by atoms with van der Waals surface area (Å²) in [7, 11) is 0. The molecule has 174 valence electrons. The Balaban J connectivity index is 1.22. The Morgan fingerprint density at radius 3 is 2.24 bits per heavy atom. The van der Waals surface area contributed by atoms with Crippen LogP contribution in [0.2, 0.25) is 0 Å². The summed E-state index contributed by atoms with van der Waals surface area (Å²) >= 11 is 0. The lowest BCUT2D eigenvalue weighted by atomic mass is 9.98. The quantitative estimate of drug-likeness (QED) is 0.418. The number of carbonyl (C=O) groups excluding carboxylic acids is 2. The Morgan fingerprint density at radius 2 is 1.59 bits per heavy atom. The minimum absolute atomic E-state index is 0.0362. The van der Waals surface area contributed by atoms with Crippen LogP contribution in [-0.2, 0) is 9.53 Å². The number of anilines is 1. The van der Waals surface area contributed by atoms with Crippen molar-refractivity contribution in [3.8, 4) is 11.1 Å². The largest absolute Gasteiger partial charge is 0.478 e. The molecule has 1 aliphatic carbocycles. The zero-order valence-electron chi connectivity index (χ0n) is 18.2. The van der Waals surface area contributed by atoms with E-state index in [1.54, 1.807) is 0 Å². The summed E-state index contributed by atoms with van der Waals surface area (Å²) in [5.41, 5.74) is 4.34. The van der Waals surface area contributed by atoms with Gasteiger partial charge in [0.1, 0.15) is 12.4 Å². The molecule has 4 rings (SSSR count). The van der Waals surface area contributed by atoms with E-state index in [0.717, 1.165) is 34.4 Å². The fourth-order valence-corrected chi connectivity index (χ4v) is 4.10. The highest BCUT2D eigenvalue weighted by Gasteiger charge is 2.28. The van der Waals surface area contributed by atoms with Gasteiger partial charge in [0.15, 0.2) is 0 Å². The van der Waals surface area contributed by atoms with Crippen molar-refractivity contribution in [1.82, 2.24) is 5.32 Å². The molecule has 0 heterocycles. The molecule has 2 amide bonds. The van der Waals surface area contributed by atoms with Crippen LogP contribution in [-0.4, -0.2) is 36.2 Å². The molecule has 0 fully saturated rings. The van der Waals surface area contributed by atoms with Gasteiger partial charge in [0.05, 0.1) is 5.56 Å². The number of nitrogens with one attached hydrogen (secondary N) is 2. The number of halogens is 1. The SMILES string of the molecule is O=C(CCCNC(=O)OCC1c2ccccc2-c2ccccc21)Nc1cc(F)cc(C(=O)O)c1. The Bertz CT molecular complexity index is 1200. The van der Waals surface area contributed by atoms with Crippen LogP contribution in [0, 0.1) is 5.82 Å². The second-order valence-corrected chi connectivity index (χ2v) is 7.94. The molecule has 0 spiro atoms. The predicted molar refractivity (Wildman–Crippen MR) is 124 cm³/mol. The Labute approximate surface area is 195 Å². The second-order valence-electron chi connectivity index (χ2n) is 7.94. The number of carbonyl (C=O) groups is 3. The van der Waals surface area contributed by atoms with Gasteiger partial charge in [-0.2, -0.15) is 0 Å². The number of carboxylic acids is 1. The first-order chi connectivity index (χ1) is 16.4. The number of carboxylic acid groups (broad SMARTS) is 1. The van der Waals surface area contributed by atoms with E-state index in [9.17, 15) is 18.8 Å². The van der Waals surface area contributed by atoms with E-state index in [-0.39, 0.29) is 36.7 Å². The molecule has 3 aromatic carbocycles. The topological polar surface area (TPSA) is 105 Å². The molecule has 0 aliphatic heterocycles. The molecule has 0 bridgehead atoms. The van der Waals surface area contributed by atoms with Crippen LogP contribution in [0.4, 0.5) is 14.9 Å². The summed E-state index contributed by atoms with van der Waals surface area (Å²) in [5.74, 6) is -2.50. The number of aromatic carboxylic acids is 1. The summed E-state index contributed by atoms with van der Waals surface area (Å²) < 4.78 is 18.9. The van der Waals surface area contributed by atoms with E-state index in [1.807, 2.05) is 36.4 Å². The minimum atomic E-state index is -1.29. The van der Waals surface area contributed by atoms with E-state index in [2.05, 4.69) is 22.8 Å². The lowest BCUT2D eigenvalue weighted by Gasteiger charge is -2.14. The molecule has 7 nitrogen and oxygen atoms in total. The molecular weight excluding hydrogens is 439 g/mol. The highest BCUT2D eigenvalue weighted by molar-refractivity contribution is 5.94. The molecule has 0 atom stereocenters. The summed E-state index contributed by atoms with van der Waals surface area (Å²) in [6, 6.07) is 19.2. The van der Waals surface area contributed by atoms with Crippen molar-refractivity contribution in [2.24, 2.45) is 0 Å². The molecule has 8 heteroatoms. The fraction of sp³-hybridized carbons (Fsp3) is 0.192. The highest BCUT2D eigenvalue weighted by Crippen LogP contribution is 2.44. The number of amides is 2. The zero-order chi connectivity index (χ0) is 24.1. The van der Waals surface area contributed by atoms with Crippen molar-refractivity contribution < 1.29 is 28.6 Å². The molecule has 0 saturated carbocycles. The van der Waals surface area contributed by atoms with Gasteiger partial charge in [-0.3, -0.25) is 4.79 Å². The van der Waals surface area contributed by atoms with E-state index in [0.29, 0.717) is 6.42 Å². The van der Waals surface area contributed by atoms with Gasteiger partial charge in [-0.05, 0) is 46.9 Å². The third-order valence-corrected chi connectivity index (χ3v) is 5.62. The molecular formula is C26H23FN2O5. The highest BCUT2D eigenvalue weighted by atomic mass is 19.1. The van der Waals surface area contributed by atoms with E-state index >= 15 is 0 Å². The second kappa shape index (κ2) is 10.2. The van der Waals surface area contributed by atoms with Crippen molar-refractivity contribution in [2.45, 2.75) is 18.8 Å². The molecule has 0 unspecified atom stereocenters. The number of hydrogen-bond donors (Lipinski definition) is 3. The van der Waals surface area contributed by atoms with Crippen LogP contribution < -0.4 is 10.6 Å². The maximum absolute atomic E-state index is 13.5. The first-order valence-corrected chi connectivity index (χ1v) is 10.8. The predicted octanol–water partition coefficient (Wildman–Crippen LogP) is 4.78. The maximum atomic E-state index is 13.5. The van der Waals surface area contributed by atoms with Crippen molar-refractivity contribution in [1.29, 1.82) is 0 Å². The van der Waals surface area contributed by atoms with Crippen LogP contribution in [0.15, 0.2) is 66.7 Å². The minimum Gasteiger partial charge on any atom is -0.478 e. The first-order valence-electron chi connectivity index (χ1n) is 10.8. The lowest BCUT2D eigenvalue weighted by Crippen LogP contribution is -2.27. The number of alkyl carbamates (subject to hydrolysis) is 1. The van der Waals surface area contributed by atoms with Gasteiger partial charge in [0.2, 0.25) is 5.91 Å². The van der Waals surface area contributed by atoms with Crippen molar-refractivity contribution in [3.05, 3.63) is 89.2 Å². The van der Waals surface area contributed by atoms with Crippen LogP contribution in [0.3, 0.4) is 0 Å². The van der Waals surface area contributed by atoms with Crippen molar-refractivity contribution >= 4 is 23.7 Å². The number of hydrogen-bond acceptors (Lipinski definition) is 4. The molecule has 0 saturated heterocycles. The zero-order valence-corrected chi connectivity index (χ0v) is 18.2. The Hall–Kier alpha value is -4.20. The lowest BCUT2D eigenvalue weighted by molar-refractivity contribution is -0.116. The molecule has 3 N–H and O–H groups in total. The Kier molecular flexibility index (Phi) is 6.87. The molecule has 0 aromatic heterocycles. The van der Waals surface area contributed by atoms with Crippen LogP contribution >= 0.6 is 0 Å². The van der Waals surface area contributed by atoms with Crippen LogP contribution in [0.25, 0.3) is 11.1 Å². The van der Waals surface area contributed by atoms with E-state index < -0.39 is 23.8 Å². The third kappa shape index (κ3) is 5.23. The van der Waals surface area contributed by atoms with Crippen LogP contribution in [0.5, 0.6) is 0 Å². The van der Waals surface area contributed by atoms with Gasteiger partial charge in [0, 0.05) is 24.6 Å². The first kappa shape index (κ1) is 23.0. The summed E-state index contributed by atoms with van der Waals surface area (Å²) in [6.07, 6.45) is -0.182. The van der Waals surface area contributed by atoms with E-state index in [1.165, 1.54) is 6.07 Å². The normalized spacial score (nSPS) is 11.9. The standard InChI is InChI=1S/C26H23FN2O5/c27-17-12-16(25(31)32)13-18(14-17)29-24(30)10-5-11-28-26(33)34-15-23-21-8-3-1-6-19(21)20-7-2-4-9-22(20)23/h1-4,6-9,12-14,23H,5,10-11,15H2,(H,28,33)(H,29,30)(H,31,32). The average molecular weight is 462 g/mol. The number of ether oxygens (including phenoxy) is 1. The smallest absolute Gasteiger partial charge is 0.407 e. The van der Waals surface area contributed by atoms with Crippen molar-refractivity contribution in [3.63, 3.8) is 0 Å². The number of fused-ring (bicyclic) bond motifs is 3.